The fourth-order valence-corrected chi connectivity index (χ4v) is 2.83. The van der Waals surface area contributed by atoms with Crippen LogP contribution >= 0.6 is 0 Å². The quantitative estimate of drug-likeness (QED) is 0.928. The van der Waals surface area contributed by atoms with Gasteiger partial charge in [-0.1, -0.05) is 6.07 Å². The zero-order valence-corrected chi connectivity index (χ0v) is 11.8. The van der Waals surface area contributed by atoms with Crippen LogP contribution in [0.3, 0.4) is 0 Å². The van der Waals surface area contributed by atoms with E-state index in [1.807, 2.05) is 29.7 Å². The maximum Gasteiger partial charge on any atom is 0.310 e. The lowest BCUT2D eigenvalue weighted by molar-refractivity contribution is -0.147. The van der Waals surface area contributed by atoms with Crippen LogP contribution in [0.15, 0.2) is 24.5 Å². The van der Waals surface area contributed by atoms with E-state index in [2.05, 4.69) is 23.0 Å². The largest absolute Gasteiger partial charge is 0.481 e. The fraction of sp³-hybridized carbons (Fsp3) is 0.467. The van der Waals surface area contributed by atoms with Gasteiger partial charge in [-0.05, 0) is 38.4 Å². The van der Waals surface area contributed by atoms with Crippen molar-refractivity contribution in [1.82, 2.24) is 14.3 Å². The summed E-state index contributed by atoms with van der Waals surface area (Å²) < 4.78 is 2.02. The summed E-state index contributed by atoms with van der Waals surface area (Å²) in [7, 11) is 0. The van der Waals surface area contributed by atoms with Crippen LogP contribution in [0, 0.1) is 12.3 Å². The molecule has 0 saturated carbocycles. The van der Waals surface area contributed by atoms with Gasteiger partial charge in [0.2, 0.25) is 0 Å². The number of fused-ring (bicyclic) bond motifs is 1. The van der Waals surface area contributed by atoms with Crippen LogP contribution in [0.25, 0.3) is 5.65 Å². The van der Waals surface area contributed by atoms with E-state index in [1.165, 1.54) is 5.56 Å². The minimum atomic E-state index is -0.703. The number of imidazole rings is 1. The van der Waals surface area contributed by atoms with E-state index in [1.54, 1.807) is 0 Å². The van der Waals surface area contributed by atoms with Crippen LogP contribution in [-0.2, 0) is 11.3 Å². The number of pyridine rings is 1. The zero-order chi connectivity index (χ0) is 14.3. The molecule has 3 rings (SSSR count). The molecule has 1 fully saturated rings. The molecule has 1 aliphatic rings. The molecule has 1 aliphatic heterocycles. The molecule has 0 aliphatic carbocycles. The zero-order valence-electron chi connectivity index (χ0n) is 11.8. The lowest BCUT2D eigenvalue weighted by Crippen LogP contribution is -2.31. The van der Waals surface area contributed by atoms with Gasteiger partial charge in [0.25, 0.3) is 0 Å². The molecule has 20 heavy (non-hydrogen) atoms. The first-order valence-electron chi connectivity index (χ1n) is 6.86. The number of aromatic nitrogens is 2. The van der Waals surface area contributed by atoms with Gasteiger partial charge in [-0.15, -0.1) is 0 Å². The van der Waals surface area contributed by atoms with Crippen LogP contribution in [0.5, 0.6) is 0 Å². The molecular formula is C15H19N3O2. The number of rotatable bonds is 3. The van der Waals surface area contributed by atoms with Gasteiger partial charge in [0.1, 0.15) is 5.65 Å². The summed E-state index contributed by atoms with van der Waals surface area (Å²) in [5, 5.41) is 9.25. The van der Waals surface area contributed by atoms with E-state index in [9.17, 15) is 9.90 Å². The van der Waals surface area contributed by atoms with Crippen LogP contribution < -0.4 is 0 Å². The Labute approximate surface area is 117 Å². The monoisotopic (exact) mass is 273 g/mol. The van der Waals surface area contributed by atoms with Crippen LogP contribution in [0.2, 0.25) is 0 Å². The Bertz CT molecular complexity index is 664. The Hall–Kier alpha value is -1.88. The number of nitrogens with zero attached hydrogens (tertiary/aromatic N) is 3. The van der Waals surface area contributed by atoms with Gasteiger partial charge in [-0.2, -0.15) is 0 Å². The second-order valence-electron chi connectivity index (χ2n) is 6.03. The molecule has 1 unspecified atom stereocenters. The highest BCUT2D eigenvalue weighted by molar-refractivity contribution is 5.74. The summed E-state index contributed by atoms with van der Waals surface area (Å²) in [6.45, 7) is 5.99. The van der Waals surface area contributed by atoms with Gasteiger partial charge in [0.05, 0.1) is 11.1 Å². The highest BCUT2D eigenvalue weighted by Crippen LogP contribution is 2.30. The predicted molar refractivity (Wildman–Crippen MR) is 75.6 cm³/mol. The first kappa shape index (κ1) is 13.1. The lowest BCUT2D eigenvalue weighted by atomic mass is 9.90. The molecule has 1 N–H and O–H groups in total. The van der Waals surface area contributed by atoms with Gasteiger partial charge >= 0.3 is 5.97 Å². The van der Waals surface area contributed by atoms with Gasteiger partial charge < -0.3 is 9.51 Å². The molecule has 0 radical (unpaired) electrons. The first-order valence-corrected chi connectivity index (χ1v) is 6.86. The molecule has 0 amide bonds. The summed E-state index contributed by atoms with van der Waals surface area (Å²) in [5.74, 6) is -0.703. The van der Waals surface area contributed by atoms with Crippen molar-refractivity contribution in [2.24, 2.45) is 5.41 Å². The van der Waals surface area contributed by atoms with Crippen molar-refractivity contribution in [2.75, 3.05) is 13.1 Å². The molecular weight excluding hydrogens is 254 g/mol. The van der Waals surface area contributed by atoms with Crippen molar-refractivity contribution < 1.29 is 9.90 Å². The molecule has 5 nitrogen and oxygen atoms in total. The topological polar surface area (TPSA) is 57.8 Å². The molecule has 1 atom stereocenters. The van der Waals surface area contributed by atoms with E-state index in [4.69, 9.17) is 0 Å². The van der Waals surface area contributed by atoms with E-state index >= 15 is 0 Å². The normalized spacial score (nSPS) is 23.5. The summed E-state index contributed by atoms with van der Waals surface area (Å²) >= 11 is 0. The Balaban J connectivity index is 1.76. The Morgan fingerprint density at radius 1 is 1.45 bits per heavy atom. The maximum atomic E-state index is 11.3. The summed E-state index contributed by atoms with van der Waals surface area (Å²) in [6.07, 6.45) is 4.78. The van der Waals surface area contributed by atoms with Crippen molar-refractivity contribution >= 4 is 11.6 Å². The Kier molecular flexibility index (Phi) is 3.01. The molecule has 2 aromatic heterocycles. The Morgan fingerprint density at radius 3 is 2.95 bits per heavy atom. The molecule has 0 bridgehead atoms. The van der Waals surface area contributed by atoms with E-state index in [-0.39, 0.29) is 0 Å². The number of hydrogen-bond donors (Lipinski definition) is 1. The maximum absolute atomic E-state index is 11.3. The van der Waals surface area contributed by atoms with Crippen molar-refractivity contribution in [3.05, 3.63) is 35.8 Å². The van der Waals surface area contributed by atoms with Gasteiger partial charge in [-0.3, -0.25) is 9.69 Å². The number of likely N-dealkylation sites (tertiary alicyclic amines) is 1. The number of hydrogen-bond acceptors (Lipinski definition) is 3. The molecule has 2 aromatic rings. The highest BCUT2D eigenvalue weighted by atomic mass is 16.4. The average Bonchev–Trinajstić information content (AvgIpc) is 2.93. The summed E-state index contributed by atoms with van der Waals surface area (Å²) in [6, 6.07) is 4.05. The average molecular weight is 273 g/mol. The summed E-state index contributed by atoms with van der Waals surface area (Å²) in [4.78, 5) is 18.0. The second-order valence-corrected chi connectivity index (χ2v) is 6.03. The van der Waals surface area contributed by atoms with E-state index < -0.39 is 11.4 Å². The second kappa shape index (κ2) is 4.59. The third-order valence-electron chi connectivity index (χ3n) is 4.10. The van der Waals surface area contributed by atoms with Gasteiger partial charge in [0.15, 0.2) is 0 Å². The number of carboxylic acid groups (broad SMARTS) is 1. The van der Waals surface area contributed by atoms with Crippen molar-refractivity contribution in [3.63, 3.8) is 0 Å². The third kappa shape index (κ3) is 2.29. The SMILES string of the molecule is Cc1ccc2nc(CN3CCC(C)(C(=O)O)C3)cn2c1. The lowest BCUT2D eigenvalue weighted by Gasteiger charge is -2.19. The minimum absolute atomic E-state index is 0.592. The fourth-order valence-electron chi connectivity index (χ4n) is 2.83. The number of aryl methyl sites for hydroxylation is 1. The van der Waals surface area contributed by atoms with Crippen molar-refractivity contribution in [2.45, 2.75) is 26.8 Å². The van der Waals surface area contributed by atoms with Crippen LogP contribution in [-0.4, -0.2) is 38.4 Å². The van der Waals surface area contributed by atoms with E-state index in [0.717, 1.165) is 17.9 Å². The first-order chi connectivity index (χ1) is 9.46. The molecule has 3 heterocycles. The standard InChI is InChI=1S/C15H19N3O2/c1-11-3-4-13-16-12(9-18(13)7-11)8-17-6-5-15(2,10-17)14(19)20/h3-4,7,9H,5-6,8,10H2,1-2H3,(H,19,20). The van der Waals surface area contributed by atoms with E-state index in [0.29, 0.717) is 19.5 Å². The third-order valence-corrected chi connectivity index (χ3v) is 4.10. The smallest absolute Gasteiger partial charge is 0.310 e. The van der Waals surface area contributed by atoms with Crippen molar-refractivity contribution in [3.8, 4) is 0 Å². The number of aliphatic carboxylic acids is 1. The molecule has 0 spiro atoms. The molecule has 1 saturated heterocycles. The van der Waals surface area contributed by atoms with Crippen LogP contribution in [0.1, 0.15) is 24.6 Å². The minimum Gasteiger partial charge on any atom is -0.481 e. The molecule has 5 heteroatoms. The summed E-state index contributed by atoms with van der Waals surface area (Å²) in [5.41, 5.74) is 2.51. The van der Waals surface area contributed by atoms with Gasteiger partial charge in [-0.25, -0.2) is 4.98 Å². The van der Waals surface area contributed by atoms with Gasteiger partial charge in [0, 0.05) is 25.5 Å². The molecule has 106 valence electrons. The van der Waals surface area contributed by atoms with Crippen molar-refractivity contribution in [1.29, 1.82) is 0 Å². The Morgan fingerprint density at radius 2 is 2.25 bits per heavy atom. The molecule has 0 aromatic carbocycles. The van der Waals surface area contributed by atoms with Crippen LogP contribution in [0.4, 0.5) is 0 Å². The predicted octanol–water partition coefficient (Wildman–Crippen LogP) is 1.94. The number of carbonyl (C=O) groups is 1. The highest BCUT2D eigenvalue weighted by Gasteiger charge is 2.40. The number of carboxylic acids is 1.